The van der Waals surface area contributed by atoms with Crippen molar-refractivity contribution in [1.29, 1.82) is 0 Å². The fraction of sp³-hybridized carbons (Fsp3) is 0.414. The Hall–Kier alpha value is -3.19. The molecule has 188 valence electrons. The molecule has 2 heterocycles. The van der Waals surface area contributed by atoms with E-state index in [0.717, 1.165) is 65.3 Å². The van der Waals surface area contributed by atoms with E-state index >= 15 is 0 Å². The van der Waals surface area contributed by atoms with Crippen LogP contribution >= 0.6 is 11.3 Å². The van der Waals surface area contributed by atoms with Crippen molar-refractivity contribution in [3.05, 3.63) is 68.9 Å². The zero-order valence-electron chi connectivity index (χ0n) is 21.0. The van der Waals surface area contributed by atoms with E-state index in [0.29, 0.717) is 0 Å². The molecule has 1 saturated carbocycles. The first-order chi connectivity index (χ1) is 17.4. The van der Waals surface area contributed by atoms with Gasteiger partial charge in [0.15, 0.2) is 0 Å². The molecular weight excluding hydrogens is 470 g/mol. The summed E-state index contributed by atoms with van der Waals surface area (Å²) < 4.78 is 2.10. The lowest BCUT2D eigenvalue weighted by Gasteiger charge is -2.23. The number of carbonyl (C=O) groups is 2. The molecule has 2 aliphatic carbocycles. The number of carbonyl (C=O) groups excluding carboxylic acids is 1. The topological polar surface area (TPSA) is 83.7 Å². The second-order valence-electron chi connectivity index (χ2n) is 9.97. The molecule has 1 amide bonds. The zero-order valence-corrected chi connectivity index (χ0v) is 21.8. The average Bonchev–Trinajstić information content (AvgIpc) is 3.39. The standard InChI is InChI=1S/C29H33N3O3S/c1-18-16-21(19(2)32(18)23-14-12-20(13-15-23)29(34)35)17-30-28-26(24-10-6-7-11-25(24)36-28)27(33)31-22-8-4-3-5-9-22/h12-17,22H,3-11H2,1-2H3,(H,31,33)(H,34,35)/b30-17+. The SMILES string of the molecule is Cc1cc(/C=N/c2sc3c(c2C(=O)NC2CCCCC2)CCCC3)c(C)n1-c1ccc(C(=O)O)cc1. The zero-order chi connectivity index (χ0) is 25.2. The van der Waals surface area contributed by atoms with Gasteiger partial charge in [-0.25, -0.2) is 9.79 Å². The smallest absolute Gasteiger partial charge is 0.335 e. The normalized spacial score (nSPS) is 16.3. The van der Waals surface area contributed by atoms with Crippen molar-refractivity contribution in [3.63, 3.8) is 0 Å². The molecule has 1 aromatic carbocycles. The molecule has 0 unspecified atom stereocenters. The van der Waals surface area contributed by atoms with E-state index in [1.54, 1.807) is 23.5 Å². The number of nitrogens with one attached hydrogen (secondary N) is 1. The monoisotopic (exact) mass is 503 g/mol. The molecule has 5 rings (SSSR count). The molecule has 0 saturated heterocycles. The van der Waals surface area contributed by atoms with Gasteiger partial charge in [0, 0.05) is 39.8 Å². The maximum atomic E-state index is 13.4. The molecule has 1 fully saturated rings. The number of amides is 1. The van der Waals surface area contributed by atoms with Gasteiger partial charge < -0.3 is 15.0 Å². The third-order valence-electron chi connectivity index (χ3n) is 7.48. The molecule has 2 aromatic heterocycles. The van der Waals surface area contributed by atoms with Crippen LogP contribution in [0, 0.1) is 13.8 Å². The van der Waals surface area contributed by atoms with Crippen LogP contribution in [-0.4, -0.2) is 33.8 Å². The molecule has 36 heavy (non-hydrogen) atoms. The summed E-state index contributed by atoms with van der Waals surface area (Å²) in [6.07, 6.45) is 11.9. The maximum Gasteiger partial charge on any atom is 0.335 e. The number of thiophene rings is 1. The molecule has 0 radical (unpaired) electrons. The highest BCUT2D eigenvalue weighted by Crippen LogP contribution is 2.40. The van der Waals surface area contributed by atoms with E-state index in [-0.39, 0.29) is 17.5 Å². The average molecular weight is 504 g/mol. The molecule has 6 nitrogen and oxygen atoms in total. The summed E-state index contributed by atoms with van der Waals surface area (Å²) in [5.41, 5.74) is 6.22. The van der Waals surface area contributed by atoms with Crippen LogP contribution in [0.1, 0.15) is 93.1 Å². The van der Waals surface area contributed by atoms with Crippen LogP contribution in [0.3, 0.4) is 0 Å². The van der Waals surface area contributed by atoms with Crippen LogP contribution in [0.25, 0.3) is 5.69 Å². The Labute approximate surface area is 216 Å². The van der Waals surface area contributed by atoms with Crippen molar-refractivity contribution in [2.24, 2.45) is 4.99 Å². The van der Waals surface area contributed by atoms with Gasteiger partial charge in [0.2, 0.25) is 0 Å². The number of carboxylic acid groups (broad SMARTS) is 1. The number of hydrogen-bond donors (Lipinski definition) is 2. The lowest BCUT2D eigenvalue weighted by atomic mass is 9.93. The fourth-order valence-corrected chi connectivity index (χ4v) is 6.81. The Bertz CT molecular complexity index is 1310. The number of nitrogens with zero attached hydrogens (tertiary/aromatic N) is 2. The highest BCUT2D eigenvalue weighted by molar-refractivity contribution is 7.16. The van der Waals surface area contributed by atoms with Crippen LogP contribution in [0.2, 0.25) is 0 Å². The number of aryl methyl sites for hydroxylation is 2. The minimum absolute atomic E-state index is 0.0393. The van der Waals surface area contributed by atoms with Crippen molar-refractivity contribution in [3.8, 4) is 5.69 Å². The number of benzene rings is 1. The van der Waals surface area contributed by atoms with Gasteiger partial charge in [-0.2, -0.15) is 0 Å². The third kappa shape index (κ3) is 4.89. The Morgan fingerprint density at radius 3 is 2.50 bits per heavy atom. The summed E-state index contributed by atoms with van der Waals surface area (Å²) >= 11 is 1.67. The molecule has 3 aromatic rings. The number of rotatable bonds is 6. The Morgan fingerprint density at radius 1 is 1.06 bits per heavy atom. The number of aromatic carboxylic acids is 1. The predicted octanol–water partition coefficient (Wildman–Crippen LogP) is 6.55. The molecule has 2 aliphatic rings. The van der Waals surface area contributed by atoms with Crippen LogP contribution in [-0.2, 0) is 12.8 Å². The lowest BCUT2D eigenvalue weighted by molar-refractivity contribution is 0.0696. The number of aromatic nitrogens is 1. The van der Waals surface area contributed by atoms with Crippen LogP contribution < -0.4 is 5.32 Å². The number of hydrogen-bond acceptors (Lipinski definition) is 4. The highest BCUT2D eigenvalue weighted by atomic mass is 32.1. The molecule has 0 atom stereocenters. The maximum absolute atomic E-state index is 13.4. The third-order valence-corrected chi connectivity index (χ3v) is 8.68. The van der Waals surface area contributed by atoms with Crippen molar-refractivity contribution in [2.75, 3.05) is 0 Å². The van der Waals surface area contributed by atoms with Crippen molar-refractivity contribution in [2.45, 2.75) is 77.7 Å². The van der Waals surface area contributed by atoms with Gasteiger partial charge in [0.25, 0.3) is 5.91 Å². The quantitative estimate of drug-likeness (QED) is 0.374. The summed E-state index contributed by atoms with van der Waals surface area (Å²) in [7, 11) is 0. The van der Waals surface area contributed by atoms with Crippen LogP contribution in [0.5, 0.6) is 0 Å². The van der Waals surface area contributed by atoms with E-state index in [2.05, 4.69) is 16.0 Å². The molecule has 0 spiro atoms. The Balaban J connectivity index is 1.44. The Kier molecular flexibility index (Phi) is 7.10. The van der Waals surface area contributed by atoms with Crippen molar-refractivity contribution >= 4 is 34.4 Å². The molecule has 0 aliphatic heterocycles. The highest BCUT2D eigenvalue weighted by Gasteiger charge is 2.27. The van der Waals surface area contributed by atoms with Gasteiger partial charge in [0.1, 0.15) is 5.00 Å². The van der Waals surface area contributed by atoms with E-state index in [1.807, 2.05) is 32.2 Å². The fourth-order valence-electron chi connectivity index (χ4n) is 5.58. The minimum atomic E-state index is -0.933. The van der Waals surface area contributed by atoms with E-state index in [4.69, 9.17) is 4.99 Å². The van der Waals surface area contributed by atoms with Gasteiger partial charge in [-0.1, -0.05) is 19.3 Å². The second-order valence-corrected chi connectivity index (χ2v) is 11.1. The van der Waals surface area contributed by atoms with Gasteiger partial charge in [0.05, 0.1) is 11.1 Å². The molecule has 2 N–H and O–H groups in total. The summed E-state index contributed by atoms with van der Waals surface area (Å²) in [4.78, 5) is 30.8. The van der Waals surface area contributed by atoms with Crippen molar-refractivity contribution in [1.82, 2.24) is 9.88 Å². The summed E-state index contributed by atoms with van der Waals surface area (Å²) in [5, 5.41) is 13.3. The van der Waals surface area contributed by atoms with Gasteiger partial charge in [-0.05, 0) is 88.3 Å². The summed E-state index contributed by atoms with van der Waals surface area (Å²) in [5.74, 6) is -0.894. The Morgan fingerprint density at radius 2 is 1.78 bits per heavy atom. The lowest BCUT2D eigenvalue weighted by Crippen LogP contribution is -2.36. The van der Waals surface area contributed by atoms with Crippen molar-refractivity contribution < 1.29 is 14.7 Å². The number of aliphatic imine (C=N–C) groups is 1. The second kappa shape index (κ2) is 10.4. The predicted molar refractivity (Wildman–Crippen MR) is 145 cm³/mol. The van der Waals surface area contributed by atoms with Gasteiger partial charge in [-0.3, -0.25) is 4.79 Å². The number of fused-ring (bicyclic) bond motifs is 1. The first-order valence-electron chi connectivity index (χ1n) is 12.9. The molecule has 0 bridgehead atoms. The van der Waals surface area contributed by atoms with Crippen LogP contribution in [0.15, 0.2) is 35.3 Å². The van der Waals surface area contributed by atoms with E-state index in [1.165, 1.54) is 36.1 Å². The minimum Gasteiger partial charge on any atom is -0.478 e. The first-order valence-corrected chi connectivity index (χ1v) is 13.8. The molecule has 7 heteroatoms. The van der Waals surface area contributed by atoms with E-state index in [9.17, 15) is 14.7 Å². The first kappa shape index (κ1) is 24.5. The van der Waals surface area contributed by atoms with Gasteiger partial charge >= 0.3 is 5.97 Å². The largest absolute Gasteiger partial charge is 0.478 e. The van der Waals surface area contributed by atoms with Crippen LogP contribution in [0.4, 0.5) is 5.00 Å². The summed E-state index contributed by atoms with van der Waals surface area (Å²) in [6, 6.07) is 9.25. The molecular formula is C29H33N3O3S. The summed E-state index contributed by atoms with van der Waals surface area (Å²) in [6.45, 7) is 4.07. The van der Waals surface area contributed by atoms with E-state index < -0.39 is 5.97 Å². The van der Waals surface area contributed by atoms with Gasteiger partial charge in [-0.15, -0.1) is 11.3 Å². The number of carboxylic acids is 1.